The van der Waals surface area contributed by atoms with E-state index in [0.29, 0.717) is 36.4 Å². The van der Waals surface area contributed by atoms with Crippen molar-refractivity contribution in [2.24, 2.45) is 0 Å². The topological polar surface area (TPSA) is 121 Å². The summed E-state index contributed by atoms with van der Waals surface area (Å²) in [6.07, 6.45) is 1.35. The molecule has 2 aromatic heterocycles. The molecule has 2 amide bonds. The fraction of sp³-hybridized carbons (Fsp3) is 0.394. The molecule has 0 radical (unpaired) electrons. The summed E-state index contributed by atoms with van der Waals surface area (Å²) in [4.78, 5) is 33.5. The van der Waals surface area contributed by atoms with Gasteiger partial charge in [0.15, 0.2) is 5.76 Å². The molecule has 4 aromatic rings. The van der Waals surface area contributed by atoms with E-state index >= 15 is 0 Å². The number of aromatic nitrogens is 2. The van der Waals surface area contributed by atoms with Gasteiger partial charge in [0.2, 0.25) is 0 Å². The summed E-state index contributed by atoms with van der Waals surface area (Å²) in [5.74, 6) is 0.496. The van der Waals surface area contributed by atoms with Crippen molar-refractivity contribution in [3.8, 4) is 0 Å². The molecule has 0 aliphatic carbocycles. The molecule has 0 bridgehead atoms. The lowest BCUT2D eigenvalue weighted by molar-refractivity contribution is 0.0735. The van der Waals surface area contributed by atoms with Crippen LogP contribution in [0, 0.1) is 6.92 Å². The van der Waals surface area contributed by atoms with E-state index in [9.17, 15) is 14.7 Å². The summed E-state index contributed by atoms with van der Waals surface area (Å²) in [6, 6.07) is 17.8. The van der Waals surface area contributed by atoms with E-state index in [4.69, 9.17) is 4.52 Å². The highest BCUT2D eigenvalue weighted by Gasteiger charge is 2.33. The van der Waals surface area contributed by atoms with Gasteiger partial charge in [0.05, 0.1) is 30.4 Å². The van der Waals surface area contributed by atoms with E-state index < -0.39 is 12.1 Å². The molecule has 0 saturated carbocycles. The van der Waals surface area contributed by atoms with Gasteiger partial charge >= 0.3 is 0 Å². The van der Waals surface area contributed by atoms with E-state index in [-0.39, 0.29) is 30.3 Å². The van der Waals surface area contributed by atoms with Gasteiger partial charge in [-0.3, -0.25) is 9.59 Å². The first-order valence-electron chi connectivity index (χ1n) is 14.8. The Labute approximate surface area is 256 Å². The van der Waals surface area contributed by atoms with Gasteiger partial charge in [0, 0.05) is 41.4 Å². The van der Waals surface area contributed by atoms with Gasteiger partial charge in [-0.15, -0.1) is 11.3 Å². The lowest BCUT2D eigenvalue weighted by Crippen LogP contribution is -2.48. The largest absolute Gasteiger partial charge is 0.390 e. The Morgan fingerprint density at radius 3 is 2.63 bits per heavy atom. The summed E-state index contributed by atoms with van der Waals surface area (Å²) in [7, 11) is 0. The Morgan fingerprint density at radius 2 is 1.91 bits per heavy atom. The Hall–Kier alpha value is -3.86. The highest BCUT2D eigenvalue weighted by molar-refractivity contribution is 7.09. The third-order valence-electron chi connectivity index (χ3n) is 7.71. The normalized spacial score (nSPS) is 16.4. The number of aliphatic hydroxyl groups excluding tert-OH is 1. The SMILES string of the molecule is Cc1csc(C2CCCN2C(=O)c2cccc(C(=O)N[C@@H](Cc3ccccc3)[C@H](O)CNCc3cc(C(C)C)no3)c2)n1. The molecule has 9 nitrogen and oxygen atoms in total. The van der Waals surface area contributed by atoms with Crippen LogP contribution in [0.1, 0.15) is 87.1 Å². The van der Waals surface area contributed by atoms with Crippen LogP contribution < -0.4 is 10.6 Å². The third-order valence-corrected chi connectivity index (χ3v) is 8.77. The molecule has 1 saturated heterocycles. The van der Waals surface area contributed by atoms with E-state index in [0.717, 1.165) is 34.8 Å². The van der Waals surface area contributed by atoms with Crippen molar-refractivity contribution >= 4 is 23.2 Å². The van der Waals surface area contributed by atoms with Crippen molar-refractivity contribution in [2.45, 2.75) is 70.7 Å². The van der Waals surface area contributed by atoms with Crippen molar-refractivity contribution in [3.05, 3.63) is 105 Å². The summed E-state index contributed by atoms with van der Waals surface area (Å²) in [5, 5.41) is 24.5. The van der Waals surface area contributed by atoms with E-state index in [1.54, 1.807) is 35.6 Å². The van der Waals surface area contributed by atoms with E-state index in [1.165, 1.54) is 0 Å². The first-order valence-corrected chi connectivity index (χ1v) is 15.7. The van der Waals surface area contributed by atoms with Crippen molar-refractivity contribution in [1.82, 2.24) is 25.7 Å². The maximum Gasteiger partial charge on any atom is 0.254 e. The van der Waals surface area contributed by atoms with Gasteiger partial charge in [-0.25, -0.2) is 4.98 Å². The predicted molar refractivity (Wildman–Crippen MR) is 166 cm³/mol. The lowest BCUT2D eigenvalue weighted by Gasteiger charge is -2.25. The number of hydrogen-bond donors (Lipinski definition) is 3. The highest BCUT2D eigenvalue weighted by atomic mass is 32.1. The Kier molecular flexibility index (Phi) is 10.0. The number of hydrogen-bond acceptors (Lipinski definition) is 8. The quantitative estimate of drug-likeness (QED) is 0.208. The van der Waals surface area contributed by atoms with Crippen LogP contribution in [0.25, 0.3) is 0 Å². The number of carbonyl (C=O) groups excluding carboxylic acids is 2. The van der Waals surface area contributed by atoms with Crippen molar-refractivity contribution < 1.29 is 19.2 Å². The zero-order valence-corrected chi connectivity index (χ0v) is 25.6. The third kappa shape index (κ3) is 7.76. The van der Waals surface area contributed by atoms with E-state index in [1.807, 2.05) is 67.4 Å². The minimum Gasteiger partial charge on any atom is -0.390 e. The zero-order valence-electron chi connectivity index (χ0n) is 24.8. The minimum atomic E-state index is -0.881. The maximum absolute atomic E-state index is 13.6. The number of benzene rings is 2. The summed E-state index contributed by atoms with van der Waals surface area (Å²) in [6.45, 7) is 7.36. The molecule has 5 rings (SSSR count). The fourth-order valence-electron chi connectivity index (χ4n) is 5.32. The first-order chi connectivity index (χ1) is 20.8. The second-order valence-electron chi connectivity index (χ2n) is 11.4. The molecule has 226 valence electrons. The number of nitrogens with one attached hydrogen (secondary N) is 2. The molecular formula is C33H39N5O4S. The number of amides is 2. The van der Waals surface area contributed by atoms with Gasteiger partial charge in [-0.05, 0) is 55.9 Å². The first kappa shape index (κ1) is 30.6. The van der Waals surface area contributed by atoms with Crippen LogP contribution in [0.3, 0.4) is 0 Å². The number of nitrogens with zero attached hydrogens (tertiary/aromatic N) is 3. The molecule has 1 aliphatic heterocycles. The van der Waals surface area contributed by atoms with Crippen LogP contribution in [-0.2, 0) is 13.0 Å². The average Bonchev–Trinajstić information content (AvgIpc) is 3.78. The molecular weight excluding hydrogens is 562 g/mol. The van der Waals surface area contributed by atoms with Gasteiger partial charge in [0.25, 0.3) is 11.8 Å². The van der Waals surface area contributed by atoms with Gasteiger partial charge in [-0.1, -0.05) is 55.4 Å². The minimum absolute atomic E-state index is 0.0458. The Balaban J connectivity index is 1.26. The van der Waals surface area contributed by atoms with Crippen molar-refractivity contribution in [1.29, 1.82) is 0 Å². The molecule has 1 unspecified atom stereocenters. The molecule has 10 heteroatoms. The van der Waals surface area contributed by atoms with Crippen LogP contribution in [0.2, 0.25) is 0 Å². The zero-order chi connectivity index (χ0) is 30.3. The van der Waals surface area contributed by atoms with Crippen LogP contribution in [0.15, 0.2) is 70.6 Å². The number of aliphatic hydroxyl groups is 1. The fourth-order valence-corrected chi connectivity index (χ4v) is 6.27. The van der Waals surface area contributed by atoms with Crippen LogP contribution >= 0.6 is 11.3 Å². The smallest absolute Gasteiger partial charge is 0.254 e. The number of carbonyl (C=O) groups is 2. The van der Waals surface area contributed by atoms with Gasteiger partial charge < -0.3 is 25.2 Å². The summed E-state index contributed by atoms with van der Waals surface area (Å²) in [5.41, 5.74) is 3.66. The average molecular weight is 602 g/mol. The van der Waals surface area contributed by atoms with Crippen LogP contribution in [0.4, 0.5) is 0 Å². The lowest BCUT2D eigenvalue weighted by atomic mass is 10.00. The summed E-state index contributed by atoms with van der Waals surface area (Å²) < 4.78 is 5.39. The van der Waals surface area contributed by atoms with Crippen LogP contribution in [0.5, 0.6) is 0 Å². The molecule has 3 heterocycles. The summed E-state index contributed by atoms with van der Waals surface area (Å²) >= 11 is 1.58. The molecule has 3 N–H and O–H groups in total. The molecule has 1 aliphatic rings. The van der Waals surface area contributed by atoms with Gasteiger partial charge in [0.1, 0.15) is 5.01 Å². The number of rotatable bonds is 12. The van der Waals surface area contributed by atoms with Crippen molar-refractivity contribution in [2.75, 3.05) is 13.1 Å². The van der Waals surface area contributed by atoms with Crippen LogP contribution in [-0.4, -0.2) is 57.2 Å². The Bertz CT molecular complexity index is 1520. The maximum atomic E-state index is 13.6. The highest BCUT2D eigenvalue weighted by Crippen LogP contribution is 2.34. The predicted octanol–water partition coefficient (Wildman–Crippen LogP) is 5.03. The van der Waals surface area contributed by atoms with Gasteiger partial charge in [-0.2, -0.15) is 0 Å². The molecule has 1 fully saturated rings. The second kappa shape index (κ2) is 14.1. The molecule has 43 heavy (non-hydrogen) atoms. The molecule has 3 atom stereocenters. The second-order valence-corrected chi connectivity index (χ2v) is 12.3. The number of likely N-dealkylation sites (tertiary alicyclic amines) is 1. The molecule has 0 spiro atoms. The standard InChI is InChI=1S/C33H39N5O4S/c1-21(2)27-17-26(42-37-27)18-34-19-30(39)28(15-23-9-5-4-6-10-23)36-31(40)24-11-7-12-25(16-24)33(41)38-14-8-13-29(38)32-35-22(3)20-43-32/h4-7,9-12,16-17,20-21,28-30,34,39H,8,13-15,18-19H2,1-3H3,(H,36,40)/t28-,29?,30+/m0/s1. The monoisotopic (exact) mass is 601 g/mol. The van der Waals surface area contributed by atoms with Crippen molar-refractivity contribution in [3.63, 3.8) is 0 Å². The molecule has 2 aromatic carbocycles. The van der Waals surface area contributed by atoms with E-state index in [2.05, 4.69) is 20.8 Å². The number of aryl methyl sites for hydroxylation is 1. The Morgan fingerprint density at radius 1 is 1.12 bits per heavy atom. The number of thiazole rings is 1.